The van der Waals surface area contributed by atoms with Crippen molar-refractivity contribution in [2.24, 2.45) is 0 Å². The number of esters is 1. The van der Waals surface area contributed by atoms with Crippen molar-refractivity contribution in [3.05, 3.63) is 46.8 Å². The normalized spacial score (nSPS) is 10.4. The number of rotatable bonds is 5. The topological polar surface area (TPSA) is 81.7 Å². The van der Waals surface area contributed by atoms with Crippen LogP contribution in [0, 0.1) is 13.8 Å². The van der Waals surface area contributed by atoms with Gasteiger partial charge in [-0.1, -0.05) is 0 Å². The quantitative estimate of drug-likeness (QED) is 0.856. The fourth-order valence-corrected chi connectivity index (χ4v) is 1.90. The predicted molar refractivity (Wildman–Crippen MR) is 74.0 cm³/mol. The smallest absolute Gasteiger partial charge is 0.374 e. The van der Waals surface area contributed by atoms with Gasteiger partial charge in [0.1, 0.15) is 17.3 Å². The molecule has 6 heteroatoms. The molecule has 0 spiro atoms. The first-order chi connectivity index (χ1) is 10.0. The van der Waals surface area contributed by atoms with E-state index in [0.717, 1.165) is 0 Å². The lowest BCUT2D eigenvalue weighted by atomic mass is 10.2. The Morgan fingerprint density at radius 3 is 2.62 bits per heavy atom. The molecule has 1 N–H and O–H groups in total. The summed E-state index contributed by atoms with van der Waals surface area (Å²) in [6, 6.07) is 4.82. The summed E-state index contributed by atoms with van der Waals surface area (Å²) in [5, 5.41) is 2.71. The third-order valence-electron chi connectivity index (χ3n) is 2.85. The van der Waals surface area contributed by atoms with Gasteiger partial charge in [0, 0.05) is 0 Å². The second-order valence-corrected chi connectivity index (χ2v) is 4.50. The van der Waals surface area contributed by atoms with Gasteiger partial charge in [0.05, 0.1) is 18.7 Å². The van der Waals surface area contributed by atoms with E-state index in [-0.39, 0.29) is 24.8 Å². The molecule has 0 aliphatic carbocycles. The number of hydrogen-bond donors (Lipinski definition) is 1. The average molecular weight is 291 g/mol. The molecular weight excluding hydrogens is 274 g/mol. The number of carbonyl (C=O) groups excluding carboxylic acids is 2. The maximum absolute atomic E-state index is 12.0. The van der Waals surface area contributed by atoms with Gasteiger partial charge >= 0.3 is 5.97 Å². The Labute approximate surface area is 122 Å². The highest BCUT2D eigenvalue weighted by molar-refractivity contribution is 5.95. The largest absolute Gasteiger partial charge is 0.466 e. The van der Waals surface area contributed by atoms with Crippen LogP contribution in [-0.4, -0.2) is 18.5 Å². The minimum Gasteiger partial charge on any atom is -0.466 e. The van der Waals surface area contributed by atoms with Crippen LogP contribution < -0.4 is 5.32 Å². The van der Waals surface area contributed by atoms with Crippen molar-refractivity contribution in [3.8, 4) is 0 Å². The Morgan fingerprint density at radius 2 is 2.00 bits per heavy atom. The van der Waals surface area contributed by atoms with Crippen LogP contribution in [0.4, 0.5) is 0 Å². The van der Waals surface area contributed by atoms with E-state index in [1.54, 1.807) is 32.9 Å². The number of carbonyl (C=O) groups is 2. The lowest BCUT2D eigenvalue weighted by Crippen LogP contribution is -2.22. The van der Waals surface area contributed by atoms with Crippen LogP contribution in [0.25, 0.3) is 0 Å². The lowest BCUT2D eigenvalue weighted by molar-refractivity contribution is 0.0488. The molecule has 112 valence electrons. The molecule has 2 heterocycles. The van der Waals surface area contributed by atoms with Crippen LogP contribution in [-0.2, 0) is 11.3 Å². The van der Waals surface area contributed by atoms with Crippen molar-refractivity contribution >= 4 is 11.9 Å². The Morgan fingerprint density at radius 1 is 1.24 bits per heavy atom. The minimum absolute atomic E-state index is 0.122. The van der Waals surface area contributed by atoms with Crippen LogP contribution in [0.5, 0.6) is 0 Å². The van der Waals surface area contributed by atoms with E-state index in [2.05, 4.69) is 5.32 Å². The molecule has 0 aromatic carbocycles. The second kappa shape index (κ2) is 6.30. The van der Waals surface area contributed by atoms with Crippen LogP contribution >= 0.6 is 0 Å². The molecule has 0 fully saturated rings. The van der Waals surface area contributed by atoms with Gasteiger partial charge in [-0.25, -0.2) is 4.79 Å². The number of ether oxygens (including phenoxy) is 1. The summed E-state index contributed by atoms with van der Waals surface area (Å²) in [4.78, 5) is 23.4. The van der Waals surface area contributed by atoms with Gasteiger partial charge in [0.15, 0.2) is 0 Å². The summed E-state index contributed by atoms with van der Waals surface area (Å²) in [7, 11) is 0. The summed E-state index contributed by atoms with van der Waals surface area (Å²) in [6.07, 6.45) is 0. The highest BCUT2D eigenvalue weighted by Crippen LogP contribution is 2.14. The number of hydrogen-bond acceptors (Lipinski definition) is 5. The SMILES string of the molecule is CCOC(=O)c1ccc(CNC(=O)c2cc(C)oc2C)o1. The zero-order valence-electron chi connectivity index (χ0n) is 12.2. The fraction of sp³-hybridized carbons (Fsp3) is 0.333. The summed E-state index contributed by atoms with van der Waals surface area (Å²) in [5.74, 6) is 1.08. The Balaban J connectivity index is 1.96. The van der Waals surface area contributed by atoms with Crippen molar-refractivity contribution in [1.82, 2.24) is 5.32 Å². The molecule has 2 aromatic rings. The first-order valence-electron chi connectivity index (χ1n) is 6.62. The molecule has 2 aromatic heterocycles. The third-order valence-corrected chi connectivity index (χ3v) is 2.85. The van der Waals surface area contributed by atoms with Gasteiger partial charge in [0.25, 0.3) is 5.91 Å². The van der Waals surface area contributed by atoms with E-state index in [4.69, 9.17) is 13.6 Å². The second-order valence-electron chi connectivity index (χ2n) is 4.50. The molecule has 2 rings (SSSR count). The van der Waals surface area contributed by atoms with Crippen molar-refractivity contribution in [2.75, 3.05) is 6.61 Å². The van der Waals surface area contributed by atoms with Crippen molar-refractivity contribution in [2.45, 2.75) is 27.3 Å². The molecule has 0 atom stereocenters. The van der Waals surface area contributed by atoms with Crippen molar-refractivity contribution < 1.29 is 23.2 Å². The third kappa shape index (κ3) is 3.53. The summed E-state index contributed by atoms with van der Waals surface area (Å²) >= 11 is 0. The predicted octanol–water partition coefficient (Wildman–Crippen LogP) is 2.60. The van der Waals surface area contributed by atoms with Gasteiger partial charge in [-0.05, 0) is 39.0 Å². The fourth-order valence-electron chi connectivity index (χ4n) is 1.90. The van der Waals surface area contributed by atoms with E-state index < -0.39 is 5.97 Å². The van der Waals surface area contributed by atoms with E-state index >= 15 is 0 Å². The van der Waals surface area contributed by atoms with Gasteiger partial charge in [0.2, 0.25) is 5.76 Å². The standard InChI is InChI=1S/C15H17NO5/c1-4-19-15(18)13-6-5-11(21-13)8-16-14(17)12-7-9(2)20-10(12)3/h5-7H,4,8H2,1-3H3,(H,16,17). The molecule has 0 radical (unpaired) electrons. The number of aryl methyl sites for hydroxylation is 2. The molecule has 0 saturated carbocycles. The maximum Gasteiger partial charge on any atom is 0.374 e. The van der Waals surface area contributed by atoms with E-state index in [9.17, 15) is 9.59 Å². The first-order valence-corrected chi connectivity index (χ1v) is 6.62. The number of amides is 1. The van der Waals surface area contributed by atoms with Crippen LogP contribution in [0.2, 0.25) is 0 Å². The van der Waals surface area contributed by atoms with Gasteiger partial charge in [-0.15, -0.1) is 0 Å². The Hall–Kier alpha value is -2.50. The Bertz CT molecular complexity index is 653. The van der Waals surface area contributed by atoms with E-state index in [1.165, 1.54) is 6.07 Å². The molecule has 21 heavy (non-hydrogen) atoms. The monoisotopic (exact) mass is 291 g/mol. The van der Waals surface area contributed by atoms with Gasteiger partial charge < -0.3 is 18.9 Å². The molecule has 0 saturated heterocycles. The molecule has 0 bridgehead atoms. The zero-order chi connectivity index (χ0) is 15.4. The lowest BCUT2D eigenvalue weighted by Gasteiger charge is -2.02. The zero-order valence-corrected chi connectivity index (χ0v) is 12.2. The molecule has 1 amide bonds. The van der Waals surface area contributed by atoms with Crippen molar-refractivity contribution in [3.63, 3.8) is 0 Å². The molecule has 0 aliphatic heterocycles. The highest BCUT2D eigenvalue weighted by atomic mass is 16.5. The van der Waals surface area contributed by atoms with E-state index in [0.29, 0.717) is 22.8 Å². The number of furan rings is 2. The van der Waals surface area contributed by atoms with Crippen molar-refractivity contribution in [1.29, 1.82) is 0 Å². The molecule has 6 nitrogen and oxygen atoms in total. The first kappa shape index (κ1) is 14.9. The van der Waals surface area contributed by atoms with Crippen LogP contribution in [0.3, 0.4) is 0 Å². The summed E-state index contributed by atoms with van der Waals surface area (Å²) in [6.45, 7) is 5.69. The minimum atomic E-state index is -0.517. The average Bonchev–Trinajstić information content (AvgIpc) is 3.03. The summed E-state index contributed by atoms with van der Waals surface area (Å²) in [5.41, 5.74) is 0.490. The highest BCUT2D eigenvalue weighted by Gasteiger charge is 2.15. The molecular formula is C15H17NO5. The number of nitrogens with one attached hydrogen (secondary N) is 1. The van der Waals surface area contributed by atoms with Crippen LogP contribution in [0.1, 0.15) is 45.1 Å². The van der Waals surface area contributed by atoms with Crippen LogP contribution in [0.15, 0.2) is 27.0 Å². The van der Waals surface area contributed by atoms with Gasteiger partial charge in [-0.2, -0.15) is 0 Å². The maximum atomic E-state index is 12.0. The Kier molecular flexibility index (Phi) is 4.47. The summed E-state index contributed by atoms with van der Waals surface area (Å²) < 4.78 is 15.4. The van der Waals surface area contributed by atoms with E-state index in [1.807, 2.05) is 0 Å². The molecule has 0 aliphatic rings. The van der Waals surface area contributed by atoms with Gasteiger partial charge in [-0.3, -0.25) is 4.79 Å². The molecule has 0 unspecified atom stereocenters.